The maximum absolute atomic E-state index is 11.1. The zero-order chi connectivity index (χ0) is 12.4. The Morgan fingerprint density at radius 3 is 2.82 bits per heavy atom. The number of furan rings is 1. The van der Waals surface area contributed by atoms with Crippen LogP contribution in [0, 0.1) is 0 Å². The number of hydrogen-bond acceptors (Lipinski definition) is 5. The van der Waals surface area contributed by atoms with Gasteiger partial charge < -0.3 is 10.2 Å². The van der Waals surface area contributed by atoms with Crippen molar-refractivity contribution in [3.63, 3.8) is 0 Å². The predicted octanol–water partition coefficient (Wildman–Crippen LogP) is -0.736. The molecule has 0 atom stereocenters. The van der Waals surface area contributed by atoms with Gasteiger partial charge in [-0.1, -0.05) is 0 Å². The molecule has 88 valence electrons. The quantitative estimate of drug-likeness (QED) is 0.530. The van der Waals surface area contributed by atoms with E-state index in [0.717, 1.165) is 5.01 Å². The Bertz CT molecular complexity index is 519. The molecule has 0 radical (unpaired) electrons. The first-order valence-corrected chi connectivity index (χ1v) is 4.61. The van der Waals surface area contributed by atoms with E-state index < -0.39 is 17.8 Å². The Morgan fingerprint density at radius 2 is 2.29 bits per heavy atom. The summed E-state index contributed by atoms with van der Waals surface area (Å²) in [6.45, 7) is -0.140. The molecule has 0 aliphatic carbocycles. The summed E-state index contributed by atoms with van der Waals surface area (Å²) in [5.74, 6) is -0.873. The highest BCUT2D eigenvalue weighted by molar-refractivity contribution is 6.02. The maximum Gasteiger partial charge on any atom is 0.344 e. The molecule has 1 aliphatic rings. The first-order chi connectivity index (χ1) is 8.06. The van der Waals surface area contributed by atoms with Crippen LogP contribution < -0.4 is 11.1 Å². The molecule has 1 aliphatic heterocycles. The molecule has 0 spiro atoms. The van der Waals surface area contributed by atoms with Crippen molar-refractivity contribution in [1.29, 1.82) is 0 Å². The van der Waals surface area contributed by atoms with Gasteiger partial charge in [-0.3, -0.25) is 14.9 Å². The first kappa shape index (κ1) is 10.9. The molecule has 3 N–H and O–H groups in total. The summed E-state index contributed by atoms with van der Waals surface area (Å²) < 4.78 is 5.00. The third kappa shape index (κ3) is 2.30. The lowest BCUT2D eigenvalue weighted by Gasteiger charge is -2.02. The molecular formula is C9H8N4O4. The minimum Gasteiger partial charge on any atom is -0.450 e. The van der Waals surface area contributed by atoms with Gasteiger partial charge in [0, 0.05) is 0 Å². The first-order valence-electron chi connectivity index (χ1n) is 4.61. The molecule has 2 heterocycles. The van der Waals surface area contributed by atoms with E-state index in [1.807, 2.05) is 0 Å². The average Bonchev–Trinajstić information content (AvgIpc) is 2.82. The van der Waals surface area contributed by atoms with Crippen LogP contribution in [0.2, 0.25) is 0 Å². The Balaban J connectivity index is 2.07. The number of nitrogens with two attached hydrogens (primary N) is 1. The average molecular weight is 236 g/mol. The number of rotatable bonds is 3. The van der Waals surface area contributed by atoms with Gasteiger partial charge in [-0.05, 0) is 12.1 Å². The molecule has 1 saturated heterocycles. The summed E-state index contributed by atoms with van der Waals surface area (Å²) in [5.41, 5.74) is 4.99. The van der Waals surface area contributed by atoms with Gasteiger partial charge in [-0.2, -0.15) is 5.10 Å². The molecular weight excluding hydrogens is 228 g/mol. The monoisotopic (exact) mass is 236 g/mol. The minimum absolute atomic E-state index is 0.00611. The number of primary amides is 1. The fourth-order valence-electron chi connectivity index (χ4n) is 1.21. The van der Waals surface area contributed by atoms with Crippen LogP contribution in [0.25, 0.3) is 0 Å². The summed E-state index contributed by atoms with van der Waals surface area (Å²) in [5, 5.41) is 6.72. The molecule has 17 heavy (non-hydrogen) atoms. The van der Waals surface area contributed by atoms with Crippen molar-refractivity contribution < 1.29 is 18.8 Å². The maximum atomic E-state index is 11.1. The van der Waals surface area contributed by atoms with Gasteiger partial charge in [0.2, 0.25) is 5.91 Å². The summed E-state index contributed by atoms with van der Waals surface area (Å²) >= 11 is 0. The SMILES string of the molecule is NC(=O)c1ccc(/C=N/N2CC(=O)NC2=O)o1. The van der Waals surface area contributed by atoms with Crippen molar-refractivity contribution >= 4 is 24.1 Å². The second-order valence-electron chi connectivity index (χ2n) is 3.22. The Kier molecular flexibility index (Phi) is 2.61. The zero-order valence-corrected chi connectivity index (χ0v) is 8.54. The molecule has 4 amide bonds. The molecule has 2 rings (SSSR count). The minimum atomic E-state index is -0.696. The fourth-order valence-corrected chi connectivity index (χ4v) is 1.21. The largest absolute Gasteiger partial charge is 0.450 e. The Labute approximate surface area is 95.0 Å². The van der Waals surface area contributed by atoms with Gasteiger partial charge in [-0.25, -0.2) is 9.80 Å². The summed E-state index contributed by atoms with van der Waals surface area (Å²) in [7, 11) is 0. The third-order valence-electron chi connectivity index (χ3n) is 1.97. The van der Waals surface area contributed by atoms with E-state index in [1.165, 1.54) is 18.3 Å². The number of nitrogens with zero attached hydrogens (tertiary/aromatic N) is 2. The normalized spacial score (nSPS) is 15.6. The van der Waals surface area contributed by atoms with Crippen molar-refractivity contribution in [3.8, 4) is 0 Å². The molecule has 0 aromatic carbocycles. The Morgan fingerprint density at radius 1 is 1.53 bits per heavy atom. The van der Waals surface area contributed by atoms with E-state index in [9.17, 15) is 14.4 Å². The third-order valence-corrected chi connectivity index (χ3v) is 1.97. The number of hydrogen-bond donors (Lipinski definition) is 2. The molecule has 8 nitrogen and oxygen atoms in total. The number of imide groups is 1. The standard InChI is InChI=1S/C9H8N4O4/c10-8(15)6-2-1-5(17-6)3-11-13-4-7(14)12-9(13)16/h1-3H,4H2,(H2,10,15)(H,12,14,16)/b11-3+. The number of carbonyl (C=O) groups is 3. The van der Waals surface area contributed by atoms with Gasteiger partial charge in [-0.15, -0.1) is 0 Å². The van der Waals surface area contributed by atoms with Crippen LogP contribution in [0.3, 0.4) is 0 Å². The molecule has 1 aromatic heterocycles. The zero-order valence-electron chi connectivity index (χ0n) is 8.54. The van der Waals surface area contributed by atoms with Crippen LogP contribution in [0.1, 0.15) is 16.3 Å². The van der Waals surface area contributed by atoms with Gasteiger partial charge in [0.25, 0.3) is 5.91 Å². The van der Waals surface area contributed by atoms with E-state index in [4.69, 9.17) is 10.2 Å². The van der Waals surface area contributed by atoms with E-state index in [-0.39, 0.29) is 18.1 Å². The second-order valence-corrected chi connectivity index (χ2v) is 3.22. The van der Waals surface area contributed by atoms with E-state index in [2.05, 4.69) is 10.4 Å². The van der Waals surface area contributed by atoms with Gasteiger partial charge in [0.05, 0.1) is 6.21 Å². The van der Waals surface area contributed by atoms with Crippen LogP contribution in [0.15, 0.2) is 21.7 Å². The lowest BCUT2D eigenvalue weighted by Crippen LogP contribution is -2.24. The van der Waals surface area contributed by atoms with Crippen molar-refractivity contribution in [1.82, 2.24) is 10.3 Å². The summed E-state index contributed by atoms with van der Waals surface area (Å²) in [6.07, 6.45) is 1.21. The number of carbonyl (C=O) groups excluding carboxylic acids is 3. The lowest BCUT2D eigenvalue weighted by atomic mass is 10.4. The topological polar surface area (TPSA) is 118 Å². The van der Waals surface area contributed by atoms with Crippen molar-refractivity contribution in [2.24, 2.45) is 10.8 Å². The number of nitrogens with one attached hydrogen (secondary N) is 1. The second kappa shape index (κ2) is 4.08. The molecule has 0 unspecified atom stereocenters. The highest BCUT2D eigenvalue weighted by Crippen LogP contribution is 2.06. The van der Waals surface area contributed by atoms with Crippen LogP contribution >= 0.6 is 0 Å². The van der Waals surface area contributed by atoms with Gasteiger partial charge in [0.15, 0.2) is 5.76 Å². The summed E-state index contributed by atoms with van der Waals surface area (Å²) in [4.78, 5) is 32.7. The lowest BCUT2D eigenvalue weighted by molar-refractivity contribution is -0.118. The molecule has 8 heteroatoms. The van der Waals surface area contributed by atoms with Gasteiger partial charge >= 0.3 is 6.03 Å². The molecule has 1 fully saturated rings. The van der Waals surface area contributed by atoms with Crippen LogP contribution in [0.5, 0.6) is 0 Å². The summed E-state index contributed by atoms with van der Waals surface area (Å²) in [6, 6.07) is 2.26. The van der Waals surface area contributed by atoms with E-state index in [0.29, 0.717) is 0 Å². The number of urea groups is 1. The van der Waals surface area contributed by atoms with E-state index >= 15 is 0 Å². The van der Waals surface area contributed by atoms with Crippen molar-refractivity contribution in [2.45, 2.75) is 0 Å². The molecule has 1 aromatic rings. The van der Waals surface area contributed by atoms with Crippen LogP contribution in [0.4, 0.5) is 4.79 Å². The van der Waals surface area contributed by atoms with Crippen molar-refractivity contribution in [3.05, 3.63) is 23.7 Å². The predicted molar refractivity (Wildman–Crippen MR) is 55.1 cm³/mol. The van der Waals surface area contributed by atoms with Gasteiger partial charge in [0.1, 0.15) is 12.3 Å². The molecule has 0 bridgehead atoms. The van der Waals surface area contributed by atoms with Crippen LogP contribution in [-0.4, -0.2) is 35.6 Å². The highest BCUT2D eigenvalue weighted by atomic mass is 16.3. The smallest absolute Gasteiger partial charge is 0.344 e. The fraction of sp³-hybridized carbons (Fsp3) is 0.111. The van der Waals surface area contributed by atoms with E-state index in [1.54, 1.807) is 0 Å². The highest BCUT2D eigenvalue weighted by Gasteiger charge is 2.25. The number of hydrazone groups is 1. The number of amides is 4. The molecule has 0 saturated carbocycles. The van der Waals surface area contributed by atoms with Crippen LogP contribution in [-0.2, 0) is 4.79 Å². The Hall–Kier alpha value is -2.64. The van der Waals surface area contributed by atoms with Crippen molar-refractivity contribution in [2.75, 3.05) is 6.54 Å².